The Hall–Kier alpha value is -0.940. The lowest BCUT2D eigenvalue weighted by atomic mass is 10.1. The summed E-state index contributed by atoms with van der Waals surface area (Å²) in [6.07, 6.45) is 5.01. The van der Waals surface area contributed by atoms with Crippen LogP contribution in [-0.2, 0) is 0 Å². The van der Waals surface area contributed by atoms with Crippen LogP contribution in [0.1, 0.15) is 58.9 Å². The molecule has 2 N–H and O–H groups in total. The van der Waals surface area contributed by atoms with Gasteiger partial charge >= 0.3 is 0 Å². The molecule has 4 nitrogen and oxygen atoms in total. The molecule has 106 valence electrons. The number of amides is 1. The fraction of sp³-hybridized carbons (Fsp3) is 0.714. The van der Waals surface area contributed by atoms with Gasteiger partial charge in [-0.05, 0) is 26.7 Å². The van der Waals surface area contributed by atoms with Crippen LogP contribution in [0.2, 0.25) is 0 Å². The quantitative estimate of drug-likeness (QED) is 0.922. The molecule has 1 aromatic heterocycles. The standard InChI is InChI=1S/C14H23N3OS/c1-9(8-15)17(3)14(18)12-10(2)16-13(19-12)11-6-4-5-7-11/h9,11H,4-8,15H2,1-3H3. The summed E-state index contributed by atoms with van der Waals surface area (Å²) in [4.78, 5) is 19.6. The molecule has 0 aliphatic heterocycles. The van der Waals surface area contributed by atoms with Crippen LogP contribution in [0.5, 0.6) is 0 Å². The predicted molar refractivity (Wildman–Crippen MR) is 78.7 cm³/mol. The van der Waals surface area contributed by atoms with Gasteiger partial charge < -0.3 is 10.6 Å². The van der Waals surface area contributed by atoms with Gasteiger partial charge in [0.15, 0.2) is 0 Å². The van der Waals surface area contributed by atoms with Crippen molar-refractivity contribution in [2.24, 2.45) is 5.73 Å². The van der Waals surface area contributed by atoms with E-state index in [1.807, 2.05) is 20.9 Å². The Kier molecular flexibility index (Phi) is 4.58. The minimum Gasteiger partial charge on any atom is -0.337 e. The molecule has 1 fully saturated rings. The fourth-order valence-corrected chi connectivity index (χ4v) is 3.70. The van der Waals surface area contributed by atoms with Gasteiger partial charge in [0.05, 0.1) is 10.7 Å². The summed E-state index contributed by atoms with van der Waals surface area (Å²) >= 11 is 1.58. The average Bonchev–Trinajstić information content (AvgIpc) is 3.04. The van der Waals surface area contributed by atoms with Crippen molar-refractivity contribution < 1.29 is 4.79 Å². The number of aromatic nitrogens is 1. The second kappa shape index (κ2) is 6.01. The third-order valence-electron chi connectivity index (χ3n) is 4.03. The van der Waals surface area contributed by atoms with Crippen molar-refractivity contribution in [1.29, 1.82) is 0 Å². The van der Waals surface area contributed by atoms with Gasteiger partial charge in [-0.15, -0.1) is 11.3 Å². The minimum absolute atomic E-state index is 0.0530. The molecule has 19 heavy (non-hydrogen) atoms. The first kappa shape index (κ1) is 14.5. The lowest BCUT2D eigenvalue weighted by Crippen LogP contribution is -2.39. The third-order valence-corrected chi connectivity index (χ3v) is 5.34. The SMILES string of the molecule is Cc1nc(C2CCCC2)sc1C(=O)N(C)C(C)CN. The molecule has 1 aliphatic rings. The topological polar surface area (TPSA) is 59.2 Å². The second-order valence-corrected chi connectivity index (χ2v) is 6.48. The molecule has 1 saturated carbocycles. The summed E-state index contributed by atoms with van der Waals surface area (Å²) in [6, 6.07) is 0.0592. The maximum Gasteiger partial charge on any atom is 0.265 e. The summed E-state index contributed by atoms with van der Waals surface area (Å²) in [5, 5.41) is 1.15. The number of carbonyl (C=O) groups excluding carboxylic acids is 1. The molecular weight excluding hydrogens is 258 g/mol. The molecule has 0 spiro atoms. The third kappa shape index (κ3) is 2.98. The second-order valence-electron chi connectivity index (χ2n) is 5.45. The first-order valence-corrected chi connectivity index (χ1v) is 7.80. The number of thiazole rings is 1. The number of aryl methyl sites for hydroxylation is 1. The van der Waals surface area contributed by atoms with E-state index in [4.69, 9.17) is 5.73 Å². The summed E-state index contributed by atoms with van der Waals surface area (Å²) in [5.41, 5.74) is 6.49. The highest BCUT2D eigenvalue weighted by Gasteiger charge is 2.26. The molecule has 0 saturated heterocycles. The van der Waals surface area contributed by atoms with Crippen molar-refractivity contribution in [3.05, 3.63) is 15.6 Å². The normalized spacial score (nSPS) is 17.7. The van der Waals surface area contributed by atoms with Crippen LogP contribution in [0.15, 0.2) is 0 Å². The highest BCUT2D eigenvalue weighted by atomic mass is 32.1. The van der Waals surface area contributed by atoms with E-state index in [0.717, 1.165) is 15.6 Å². The zero-order valence-electron chi connectivity index (χ0n) is 12.0. The van der Waals surface area contributed by atoms with Crippen molar-refractivity contribution in [2.45, 2.75) is 51.5 Å². The van der Waals surface area contributed by atoms with Crippen LogP contribution in [0, 0.1) is 6.92 Å². The van der Waals surface area contributed by atoms with Gasteiger partial charge in [-0.1, -0.05) is 12.8 Å². The van der Waals surface area contributed by atoms with Crippen molar-refractivity contribution in [3.8, 4) is 0 Å². The van der Waals surface area contributed by atoms with Gasteiger partial charge in [0.25, 0.3) is 5.91 Å². The predicted octanol–water partition coefficient (Wildman–Crippen LogP) is 2.53. The van der Waals surface area contributed by atoms with E-state index < -0.39 is 0 Å². The van der Waals surface area contributed by atoms with Gasteiger partial charge in [0, 0.05) is 25.6 Å². The van der Waals surface area contributed by atoms with E-state index >= 15 is 0 Å². The van der Waals surface area contributed by atoms with Crippen LogP contribution < -0.4 is 5.73 Å². The molecule has 1 aromatic rings. The maximum atomic E-state index is 12.4. The van der Waals surface area contributed by atoms with E-state index in [1.165, 1.54) is 25.7 Å². The van der Waals surface area contributed by atoms with Crippen molar-refractivity contribution in [1.82, 2.24) is 9.88 Å². The van der Waals surface area contributed by atoms with Gasteiger partial charge in [-0.3, -0.25) is 4.79 Å². The monoisotopic (exact) mass is 281 g/mol. The molecule has 0 radical (unpaired) electrons. The maximum absolute atomic E-state index is 12.4. The molecule has 1 heterocycles. The summed E-state index contributed by atoms with van der Waals surface area (Å²) in [5.74, 6) is 0.625. The van der Waals surface area contributed by atoms with E-state index in [2.05, 4.69) is 4.98 Å². The first-order chi connectivity index (χ1) is 9.04. The fourth-order valence-electron chi connectivity index (χ4n) is 2.48. The Morgan fingerprint density at radius 1 is 1.53 bits per heavy atom. The Labute approximate surface area is 119 Å². The summed E-state index contributed by atoms with van der Waals surface area (Å²) in [7, 11) is 1.81. The molecule has 0 bridgehead atoms. The number of nitrogens with zero attached hydrogens (tertiary/aromatic N) is 2. The summed E-state index contributed by atoms with van der Waals surface area (Å²) in [6.45, 7) is 4.38. The largest absolute Gasteiger partial charge is 0.337 e. The number of likely N-dealkylation sites (N-methyl/N-ethyl adjacent to an activating group) is 1. The van der Waals surface area contributed by atoms with Crippen LogP contribution >= 0.6 is 11.3 Å². The van der Waals surface area contributed by atoms with Crippen LogP contribution in [-0.4, -0.2) is 35.4 Å². The van der Waals surface area contributed by atoms with E-state index in [9.17, 15) is 4.79 Å². The highest BCUT2D eigenvalue weighted by Crippen LogP contribution is 2.37. The van der Waals surface area contributed by atoms with Crippen molar-refractivity contribution in [2.75, 3.05) is 13.6 Å². The lowest BCUT2D eigenvalue weighted by molar-refractivity contribution is 0.0752. The van der Waals surface area contributed by atoms with Crippen LogP contribution in [0.3, 0.4) is 0 Å². The molecule has 1 unspecified atom stereocenters. The minimum atomic E-state index is 0.0530. The average molecular weight is 281 g/mol. The first-order valence-electron chi connectivity index (χ1n) is 6.99. The Morgan fingerprint density at radius 2 is 2.16 bits per heavy atom. The highest BCUT2D eigenvalue weighted by molar-refractivity contribution is 7.13. The zero-order valence-corrected chi connectivity index (χ0v) is 12.8. The van der Waals surface area contributed by atoms with Crippen LogP contribution in [0.25, 0.3) is 0 Å². The van der Waals surface area contributed by atoms with Gasteiger partial charge in [0.2, 0.25) is 0 Å². The number of hydrogen-bond acceptors (Lipinski definition) is 4. The lowest BCUT2D eigenvalue weighted by Gasteiger charge is -2.23. The van der Waals surface area contributed by atoms with Gasteiger partial charge in [0.1, 0.15) is 4.88 Å². The van der Waals surface area contributed by atoms with E-state index in [0.29, 0.717) is 12.5 Å². The van der Waals surface area contributed by atoms with E-state index in [-0.39, 0.29) is 11.9 Å². The van der Waals surface area contributed by atoms with Gasteiger partial charge in [-0.25, -0.2) is 4.98 Å². The molecule has 1 aliphatic carbocycles. The molecule has 1 atom stereocenters. The molecule has 5 heteroatoms. The van der Waals surface area contributed by atoms with Crippen molar-refractivity contribution in [3.63, 3.8) is 0 Å². The smallest absolute Gasteiger partial charge is 0.265 e. The molecule has 2 rings (SSSR count). The molecule has 1 amide bonds. The number of hydrogen-bond donors (Lipinski definition) is 1. The van der Waals surface area contributed by atoms with E-state index in [1.54, 1.807) is 16.2 Å². The number of rotatable bonds is 4. The Balaban J connectivity index is 2.18. The van der Waals surface area contributed by atoms with Crippen LogP contribution in [0.4, 0.5) is 0 Å². The van der Waals surface area contributed by atoms with Gasteiger partial charge in [-0.2, -0.15) is 0 Å². The molecular formula is C14H23N3OS. The Bertz CT molecular complexity index is 452. The zero-order chi connectivity index (χ0) is 14.0. The van der Waals surface area contributed by atoms with Crippen molar-refractivity contribution >= 4 is 17.2 Å². The summed E-state index contributed by atoms with van der Waals surface area (Å²) < 4.78 is 0. The Morgan fingerprint density at radius 3 is 2.74 bits per heavy atom. The number of nitrogens with two attached hydrogens (primary N) is 1. The number of carbonyl (C=O) groups is 1. The molecule has 0 aromatic carbocycles.